The second kappa shape index (κ2) is 44.8. The van der Waals surface area contributed by atoms with Gasteiger partial charge in [-0.15, -0.1) is 5.10 Å². The van der Waals surface area contributed by atoms with Gasteiger partial charge >= 0.3 is 19.9 Å². The van der Waals surface area contributed by atoms with Crippen molar-refractivity contribution in [2.75, 3.05) is 100 Å². The van der Waals surface area contributed by atoms with E-state index < -0.39 is 168 Å². The maximum atomic E-state index is 14.9. The molecule has 115 heavy (non-hydrogen) atoms. The van der Waals surface area contributed by atoms with Gasteiger partial charge in [0.1, 0.15) is 56.2 Å². The van der Waals surface area contributed by atoms with Gasteiger partial charge in [-0.2, -0.15) is 0 Å². The summed E-state index contributed by atoms with van der Waals surface area (Å²) < 4.78 is 66.4. The second-order valence-electron chi connectivity index (χ2n) is 31.1. The van der Waals surface area contributed by atoms with E-state index in [9.17, 15) is 70.9 Å². The number of carbonyl (C=O) groups excluding carboxylic acids is 10. The smallest absolute Gasteiger partial charge is 0.445 e. The Bertz CT molecular complexity index is 4040. The fourth-order valence-corrected chi connectivity index (χ4v) is 14.5. The van der Waals surface area contributed by atoms with Crippen LogP contribution in [0.5, 0.6) is 0 Å². The summed E-state index contributed by atoms with van der Waals surface area (Å²) >= 11 is 0. The van der Waals surface area contributed by atoms with Gasteiger partial charge in [0.2, 0.25) is 56.3 Å². The van der Waals surface area contributed by atoms with E-state index in [0.717, 1.165) is 33.1 Å². The van der Waals surface area contributed by atoms with E-state index in [-0.39, 0.29) is 86.8 Å². The molecule has 4 aromatic rings. The van der Waals surface area contributed by atoms with E-state index >= 15 is 0 Å². The van der Waals surface area contributed by atoms with Crippen LogP contribution < -0.4 is 37.6 Å². The summed E-state index contributed by atoms with van der Waals surface area (Å²) in [6, 6.07) is 8.00. The maximum absolute atomic E-state index is 14.9. The van der Waals surface area contributed by atoms with Crippen molar-refractivity contribution in [1.29, 1.82) is 0 Å². The third-order valence-electron chi connectivity index (χ3n) is 19.9. The van der Waals surface area contributed by atoms with Crippen LogP contribution in [0.4, 0.5) is 15.3 Å². The van der Waals surface area contributed by atoms with E-state index in [1.807, 2.05) is 53.2 Å². The number of phosphoric acid groups is 1. The van der Waals surface area contributed by atoms with Crippen molar-refractivity contribution in [3.63, 3.8) is 0 Å². The van der Waals surface area contributed by atoms with Crippen LogP contribution in [-0.2, 0) is 90.9 Å². The molecule has 5 rings (SSSR count). The number of aliphatic hydroxyl groups excluding tert-OH is 1. The molecule has 0 bridgehead atoms. The van der Waals surface area contributed by atoms with E-state index in [1.165, 1.54) is 44.5 Å². The monoisotopic (exact) mass is 1650 g/mol. The molecule has 37 nitrogen and oxygen atoms in total. The highest BCUT2D eigenvalue weighted by Gasteiger charge is 2.44. The first-order valence-electron chi connectivity index (χ1n) is 38.4. The van der Waals surface area contributed by atoms with E-state index in [2.05, 4.69) is 52.2 Å². The Morgan fingerprint density at radius 1 is 0.783 bits per heavy atom. The summed E-state index contributed by atoms with van der Waals surface area (Å²) in [5.74, 6) is -6.96. The number of aliphatic hydroxyl groups is 1. The molecule has 1 fully saturated rings. The number of aromatic nitrogens is 5. The molecule has 10 N–H and O–H groups in total. The lowest BCUT2D eigenvalue weighted by atomic mass is 9.89. The Morgan fingerprint density at radius 3 is 1.99 bits per heavy atom. The molecule has 39 heteroatoms. The highest BCUT2D eigenvalue weighted by molar-refractivity contribution is 7.90. The summed E-state index contributed by atoms with van der Waals surface area (Å²) in [5, 5.41) is 35.0. The standard InChI is InChI=1S/C76H120N17O20PS/c1-19-49(8)65(59(109-16)39-61(95)92-34-24-28-58(92)67(110-17)50(9)68(97)81-51(10)66(96)53-25-21-20-22-26-53)88(11)73(102)63(47(4)5)85-71(100)64(48(6)7)89(12)76(104)111-45-52-29-31-55(32-30-52)82-69(98)57(27-23-33-78-74(77)103)83-70(99)62(46(2)3)84-60(94)44-91-43-56(86-87-91)42-90(35-37-112-114(105,106)113-38-36-93(13,14)15)72(101)54-40-79-75(80-41-54)115(18,107)108/h20-22,25-26,29-32,40-41,43,46-51,57-59,62-67,96H,19,23-24,27-28,33-39,42,44-45H2,1-18H3,(H8-,77,78,81,82,83,84,85,94,97,98,99,100,103,105,106)/p+1/t49-,50+,51+,57-,58-,59+,62-,63-,64-,65-,66+,67+/m0/s1. The molecule has 0 saturated carbocycles. The van der Waals surface area contributed by atoms with Crippen LogP contribution >= 0.6 is 7.82 Å². The number of rotatable bonds is 46. The van der Waals surface area contributed by atoms with E-state index in [0.29, 0.717) is 48.0 Å². The minimum Gasteiger partial charge on any atom is -0.445 e. The van der Waals surface area contributed by atoms with Crippen molar-refractivity contribution < 1.29 is 98.7 Å². The summed E-state index contributed by atoms with van der Waals surface area (Å²) in [4.78, 5) is 162. The minimum atomic E-state index is -4.58. The topological polar surface area (TPSA) is 476 Å². The van der Waals surface area contributed by atoms with Crippen LogP contribution in [0.15, 0.2) is 78.3 Å². The molecule has 13 atom stereocenters. The van der Waals surface area contributed by atoms with Gasteiger partial charge in [-0.1, -0.05) is 116 Å². The molecule has 2 aromatic carbocycles. The molecule has 1 aliphatic rings. The third kappa shape index (κ3) is 29.8. The Morgan fingerprint density at radius 2 is 1.42 bits per heavy atom. The molecule has 1 saturated heterocycles. The number of hydrogen-bond donors (Lipinski definition) is 9. The predicted molar refractivity (Wildman–Crippen MR) is 424 cm³/mol. The number of carbonyl (C=O) groups is 10. The summed E-state index contributed by atoms with van der Waals surface area (Å²) in [5.41, 5.74) is 6.66. The summed E-state index contributed by atoms with van der Waals surface area (Å²) in [7, 11) is 3.18. The SMILES string of the molecule is CC[C@H](C)[C@@H]([C@@H](CC(=O)N1CCC[C@H]1[C@H](OC)[C@@H](C)C(=O)N[C@H](C)[C@@H](O)c1ccccc1)OC)N(C)C(=O)[C@@H](NC(=O)[C@H](C(C)C)N(C)C(=O)OCc1ccc(NC(=O)[C@H](CCCNC(N)=O)NC(=O)[C@@H](NC(=O)Cn2cc(CN(CCOP(=O)(O)OCC[N+](C)(C)C)C(=O)c3cnc(S(C)(=O)=O)nc3)nn2)C(C)C)cc1)C(C)C. The average molecular weight is 1660 g/mol. The number of nitrogens with one attached hydrogen (secondary N) is 6. The van der Waals surface area contributed by atoms with Crippen LogP contribution in [0, 0.1) is 29.6 Å². The Hall–Kier alpha value is -9.14. The zero-order valence-corrected chi connectivity index (χ0v) is 71.1. The van der Waals surface area contributed by atoms with Crippen LogP contribution in [-0.4, -0.2) is 276 Å². The van der Waals surface area contributed by atoms with Crippen LogP contribution in [0.1, 0.15) is 141 Å². The average Bonchev–Trinajstić information content (AvgIpc) is 1.79. The first kappa shape index (κ1) is 96.4. The number of nitrogens with two attached hydrogens (primary N) is 1. The molecular weight excluding hydrogens is 1530 g/mol. The molecule has 3 heterocycles. The molecular formula is C76H121N17O20PS+. The summed E-state index contributed by atoms with van der Waals surface area (Å²) in [6.07, 6.45) is 2.78. The fourth-order valence-electron chi connectivity index (χ4n) is 13.3. The van der Waals surface area contributed by atoms with E-state index in [4.69, 9.17) is 29.0 Å². The van der Waals surface area contributed by atoms with Gasteiger partial charge in [-0.25, -0.2) is 37.2 Å². The highest BCUT2D eigenvalue weighted by atomic mass is 32.2. The van der Waals surface area contributed by atoms with Crippen molar-refractivity contribution in [2.45, 2.75) is 193 Å². The minimum absolute atomic E-state index is 0.0143. The number of quaternary nitrogens is 1. The van der Waals surface area contributed by atoms with Crippen molar-refractivity contribution in [2.24, 2.45) is 35.3 Å². The van der Waals surface area contributed by atoms with E-state index in [1.54, 1.807) is 91.6 Å². The fraction of sp³-hybridized carbons (Fsp3) is 0.632. The number of primary amides is 1. The number of phosphoric ester groups is 1. The van der Waals surface area contributed by atoms with Gasteiger partial charge in [0, 0.05) is 72.3 Å². The first-order chi connectivity index (χ1) is 53.9. The number of sulfone groups is 1. The number of likely N-dealkylation sites (N-methyl/N-ethyl adjacent to an activating group) is 3. The number of anilines is 1. The predicted octanol–water partition coefficient (Wildman–Crippen LogP) is 3.56. The highest BCUT2D eigenvalue weighted by Crippen LogP contribution is 2.43. The van der Waals surface area contributed by atoms with Crippen molar-refractivity contribution >= 4 is 82.7 Å². The first-order valence-corrected chi connectivity index (χ1v) is 41.8. The number of methoxy groups -OCH3 is 2. The maximum Gasteiger partial charge on any atom is 0.472 e. The molecule has 2 aromatic heterocycles. The summed E-state index contributed by atoms with van der Waals surface area (Å²) in [6.45, 7) is 16.5. The molecule has 0 spiro atoms. The molecule has 11 amide bonds. The van der Waals surface area contributed by atoms with Crippen LogP contribution in [0.25, 0.3) is 0 Å². The van der Waals surface area contributed by atoms with Gasteiger partial charge in [0.05, 0.1) is 94.8 Å². The van der Waals surface area contributed by atoms with Gasteiger partial charge < -0.3 is 81.0 Å². The van der Waals surface area contributed by atoms with Crippen molar-refractivity contribution in [3.05, 3.63) is 95.6 Å². The van der Waals surface area contributed by atoms with Crippen molar-refractivity contribution in [3.8, 4) is 0 Å². The normalized spacial score (nSPS) is 16.6. The van der Waals surface area contributed by atoms with Crippen molar-refractivity contribution in [1.82, 2.24) is 71.1 Å². The van der Waals surface area contributed by atoms with Gasteiger partial charge in [-0.3, -0.25) is 52.3 Å². The quantitative estimate of drug-likeness (QED) is 0.0132. The number of nitrogens with zero attached hydrogens (tertiary/aromatic N) is 10. The van der Waals surface area contributed by atoms with Gasteiger partial charge in [0.25, 0.3) is 5.91 Å². The number of likely N-dealkylation sites (tertiary alicyclic amines) is 1. The molecule has 0 radical (unpaired) electrons. The van der Waals surface area contributed by atoms with Gasteiger partial charge in [-0.05, 0) is 79.5 Å². The number of hydrogen-bond acceptors (Lipinski definition) is 23. The van der Waals surface area contributed by atoms with Crippen LogP contribution in [0.3, 0.4) is 0 Å². The third-order valence-corrected chi connectivity index (χ3v) is 21.8. The zero-order valence-electron chi connectivity index (χ0n) is 69.3. The second-order valence-corrected chi connectivity index (χ2v) is 34.5. The number of benzene rings is 2. The Balaban J connectivity index is 1.20. The van der Waals surface area contributed by atoms with Crippen LogP contribution in [0.2, 0.25) is 0 Å². The number of ether oxygens (including phenoxy) is 3. The molecule has 1 unspecified atom stereocenters. The largest absolute Gasteiger partial charge is 0.472 e. The lowest BCUT2D eigenvalue weighted by Crippen LogP contribution is -2.60. The Labute approximate surface area is 674 Å². The number of amides is 11. The van der Waals surface area contributed by atoms with Gasteiger partial charge in [0.15, 0.2) is 0 Å². The molecule has 640 valence electrons. The molecule has 1 aliphatic heterocycles. The lowest BCUT2D eigenvalue weighted by Gasteiger charge is -2.41. The zero-order chi connectivity index (χ0) is 86.0. The Kier molecular flexibility index (Phi) is 37.6. The molecule has 0 aliphatic carbocycles. The number of urea groups is 1. The lowest BCUT2D eigenvalue weighted by molar-refractivity contribution is -0.870.